The van der Waals surface area contributed by atoms with E-state index in [0.717, 1.165) is 23.1 Å². The van der Waals surface area contributed by atoms with Gasteiger partial charge in [-0.25, -0.2) is 0 Å². The van der Waals surface area contributed by atoms with Gasteiger partial charge in [-0.2, -0.15) is 0 Å². The molecule has 96 valence electrons. The molecule has 1 aromatic carbocycles. The van der Waals surface area contributed by atoms with Crippen molar-refractivity contribution < 1.29 is 0 Å². The molecule has 1 aromatic rings. The average Bonchev–Trinajstić information content (AvgIpc) is 2.90. The van der Waals surface area contributed by atoms with Crippen LogP contribution in [-0.4, -0.2) is 11.0 Å². The van der Waals surface area contributed by atoms with Crippen molar-refractivity contribution in [3.63, 3.8) is 0 Å². The lowest BCUT2D eigenvalue weighted by Gasteiger charge is -2.25. The highest BCUT2D eigenvalue weighted by molar-refractivity contribution is 7.80. The van der Waals surface area contributed by atoms with E-state index in [-0.39, 0.29) is 0 Å². The van der Waals surface area contributed by atoms with E-state index >= 15 is 0 Å². The van der Waals surface area contributed by atoms with E-state index in [1.54, 1.807) is 0 Å². The number of halogens is 1. The molecular weight excluding hydrogens is 264 g/mol. The van der Waals surface area contributed by atoms with Crippen LogP contribution < -0.4 is 11.1 Å². The minimum Gasteiger partial charge on any atom is -0.389 e. The SMILES string of the molecule is NC(=S)c1c(Cl)cccc1NC1CC2CCC1C2. The van der Waals surface area contributed by atoms with Crippen LogP contribution in [0.3, 0.4) is 0 Å². The maximum atomic E-state index is 6.18. The zero-order valence-corrected chi connectivity index (χ0v) is 11.7. The molecule has 0 radical (unpaired) electrons. The Balaban J connectivity index is 1.84. The van der Waals surface area contributed by atoms with Crippen LogP contribution in [0.1, 0.15) is 31.2 Å². The number of benzene rings is 1. The zero-order chi connectivity index (χ0) is 12.7. The smallest absolute Gasteiger partial charge is 0.107 e. The molecule has 0 spiro atoms. The summed E-state index contributed by atoms with van der Waals surface area (Å²) in [6.45, 7) is 0. The number of thiocarbonyl (C=S) groups is 1. The summed E-state index contributed by atoms with van der Waals surface area (Å²) in [6.07, 6.45) is 5.40. The molecule has 3 atom stereocenters. The van der Waals surface area contributed by atoms with Gasteiger partial charge in [-0.05, 0) is 43.2 Å². The first-order valence-corrected chi connectivity index (χ1v) is 7.28. The van der Waals surface area contributed by atoms with E-state index < -0.39 is 0 Å². The van der Waals surface area contributed by atoms with Gasteiger partial charge in [0.05, 0.1) is 10.6 Å². The van der Waals surface area contributed by atoms with Crippen LogP contribution in [0.2, 0.25) is 5.02 Å². The molecule has 0 amide bonds. The number of rotatable bonds is 3. The number of fused-ring (bicyclic) bond motifs is 2. The predicted molar refractivity (Wildman–Crippen MR) is 80.2 cm³/mol. The van der Waals surface area contributed by atoms with Gasteiger partial charge in [-0.15, -0.1) is 0 Å². The molecular formula is C14H17ClN2S. The van der Waals surface area contributed by atoms with Gasteiger partial charge < -0.3 is 11.1 Å². The second-order valence-corrected chi connectivity index (χ2v) is 6.30. The highest BCUT2D eigenvalue weighted by Gasteiger charge is 2.39. The molecule has 0 saturated heterocycles. The van der Waals surface area contributed by atoms with Gasteiger partial charge in [0, 0.05) is 11.7 Å². The lowest BCUT2D eigenvalue weighted by Crippen LogP contribution is -2.27. The molecule has 2 fully saturated rings. The molecule has 3 rings (SSSR count). The minimum atomic E-state index is 0.367. The Morgan fingerprint density at radius 3 is 2.78 bits per heavy atom. The number of anilines is 1. The average molecular weight is 281 g/mol. The standard InChI is InChI=1S/C14H17ClN2S/c15-10-2-1-3-11(13(10)14(16)18)17-12-7-8-4-5-9(12)6-8/h1-3,8-9,12,17H,4-7H2,(H2,16,18). The molecule has 2 nitrogen and oxygen atoms in total. The molecule has 2 aliphatic carbocycles. The molecule has 4 heteroatoms. The Morgan fingerprint density at radius 1 is 1.33 bits per heavy atom. The van der Waals surface area contributed by atoms with Crippen molar-refractivity contribution in [2.45, 2.75) is 31.7 Å². The Bertz CT molecular complexity index is 489. The van der Waals surface area contributed by atoms with E-state index in [4.69, 9.17) is 29.6 Å². The van der Waals surface area contributed by atoms with Crippen molar-refractivity contribution in [2.75, 3.05) is 5.32 Å². The third-order valence-corrected chi connectivity index (χ3v) is 4.86. The molecule has 0 heterocycles. The molecule has 0 aliphatic heterocycles. The number of nitrogens with two attached hydrogens (primary N) is 1. The van der Waals surface area contributed by atoms with Crippen LogP contribution in [-0.2, 0) is 0 Å². The summed E-state index contributed by atoms with van der Waals surface area (Å²) in [5, 5.41) is 4.25. The summed E-state index contributed by atoms with van der Waals surface area (Å²) in [6, 6.07) is 6.36. The maximum Gasteiger partial charge on any atom is 0.107 e. The van der Waals surface area contributed by atoms with Crippen molar-refractivity contribution in [3.8, 4) is 0 Å². The van der Waals surface area contributed by atoms with Crippen LogP contribution in [0.4, 0.5) is 5.69 Å². The summed E-state index contributed by atoms with van der Waals surface area (Å²) in [5.41, 5.74) is 7.55. The third-order valence-electron chi connectivity index (χ3n) is 4.34. The second kappa shape index (κ2) is 4.71. The first kappa shape index (κ1) is 12.2. The molecule has 2 saturated carbocycles. The number of nitrogens with one attached hydrogen (secondary N) is 1. The molecule has 2 bridgehead atoms. The van der Waals surface area contributed by atoms with Crippen LogP contribution >= 0.6 is 23.8 Å². The van der Waals surface area contributed by atoms with Crippen molar-refractivity contribution in [3.05, 3.63) is 28.8 Å². The third kappa shape index (κ3) is 2.10. The summed E-state index contributed by atoms with van der Waals surface area (Å²) in [7, 11) is 0. The topological polar surface area (TPSA) is 38.0 Å². The van der Waals surface area contributed by atoms with E-state index in [0.29, 0.717) is 16.1 Å². The molecule has 0 aromatic heterocycles. The Kier molecular flexibility index (Phi) is 3.20. The maximum absolute atomic E-state index is 6.18. The summed E-state index contributed by atoms with van der Waals surface area (Å²) in [5.74, 6) is 1.73. The van der Waals surface area contributed by atoms with Gasteiger partial charge in [0.25, 0.3) is 0 Å². The molecule has 2 aliphatic rings. The Morgan fingerprint density at radius 2 is 2.17 bits per heavy atom. The largest absolute Gasteiger partial charge is 0.389 e. The van der Waals surface area contributed by atoms with Gasteiger partial charge in [-0.1, -0.05) is 36.3 Å². The fraction of sp³-hybridized carbons (Fsp3) is 0.500. The van der Waals surface area contributed by atoms with E-state index in [2.05, 4.69) is 5.32 Å². The Labute approximate surface area is 118 Å². The number of hydrogen-bond donors (Lipinski definition) is 2. The molecule has 3 unspecified atom stereocenters. The summed E-state index contributed by atoms with van der Waals surface area (Å²) >= 11 is 11.3. The summed E-state index contributed by atoms with van der Waals surface area (Å²) < 4.78 is 0. The van der Waals surface area contributed by atoms with Crippen molar-refractivity contribution in [2.24, 2.45) is 17.6 Å². The van der Waals surface area contributed by atoms with Crippen LogP contribution in [0.25, 0.3) is 0 Å². The molecule has 18 heavy (non-hydrogen) atoms. The molecule has 3 N–H and O–H groups in total. The van der Waals surface area contributed by atoms with Gasteiger partial charge in [0.1, 0.15) is 4.99 Å². The quantitative estimate of drug-likeness (QED) is 0.831. The van der Waals surface area contributed by atoms with Gasteiger partial charge >= 0.3 is 0 Å². The number of hydrogen-bond acceptors (Lipinski definition) is 2. The zero-order valence-electron chi connectivity index (χ0n) is 10.2. The van der Waals surface area contributed by atoms with E-state index in [1.165, 1.54) is 25.7 Å². The minimum absolute atomic E-state index is 0.367. The van der Waals surface area contributed by atoms with Crippen molar-refractivity contribution >= 4 is 34.5 Å². The Hall–Kier alpha value is -0.800. The van der Waals surface area contributed by atoms with Gasteiger partial charge in [0.2, 0.25) is 0 Å². The first-order chi connectivity index (χ1) is 8.65. The first-order valence-electron chi connectivity index (χ1n) is 6.50. The van der Waals surface area contributed by atoms with Gasteiger partial charge in [0.15, 0.2) is 0 Å². The lowest BCUT2D eigenvalue weighted by molar-refractivity contribution is 0.440. The monoisotopic (exact) mass is 280 g/mol. The lowest BCUT2D eigenvalue weighted by atomic mass is 9.95. The fourth-order valence-electron chi connectivity index (χ4n) is 3.52. The normalized spacial score (nSPS) is 29.5. The fourth-order valence-corrected chi connectivity index (χ4v) is 4.07. The van der Waals surface area contributed by atoms with Crippen molar-refractivity contribution in [1.29, 1.82) is 0 Å². The van der Waals surface area contributed by atoms with Crippen molar-refractivity contribution in [1.82, 2.24) is 0 Å². The van der Waals surface area contributed by atoms with Crippen LogP contribution in [0, 0.1) is 11.8 Å². The van der Waals surface area contributed by atoms with Crippen LogP contribution in [0.15, 0.2) is 18.2 Å². The van der Waals surface area contributed by atoms with Crippen LogP contribution in [0.5, 0.6) is 0 Å². The summed E-state index contributed by atoms with van der Waals surface area (Å²) in [4.78, 5) is 0.367. The highest BCUT2D eigenvalue weighted by atomic mass is 35.5. The van der Waals surface area contributed by atoms with E-state index in [1.807, 2.05) is 18.2 Å². The van der Waals surface area contributed by atoms with Gasteiger partial charge in [-0.3, -0.25) is 0 Å². The predicted octanol–water partition coefficient (Wildman–Crippen LogP) is 3.57. The second-order valence-electron chi connectivity index (χ2n) is 5.45. The highest BCUT2D eigenvalue weighted by Crippen LogP contribution is 2.45. The van der Waals surface area contributed by atoms with E-state index in [9.17, 15) is 0 Å².